The summed E-state index contributed by atoms with van der Waals surface area (Å²) < 4.78 is 5.09. The molecule has 3 heteroatoms. The SMILES string of the molecule is C=CC(C)(O)C#Cc1cc(CC)cc(OC)c1O. The van der Waals surface area contributed by atoms with Crippen LogP contribution in [-0.2, 0) is 6.42 Å². The van der Waals surface area contributed by atoms with E-state index in [-0.39, 0.29) is 5.75 Å². The van der Waals surface area contributed by atoms with Crippen molar-refractivity contribution < 1.29 is 14.9 Å². The Hall–Kier alpha value is -1.92. The molecule has 0 aliphatic rings. The van der Waals surface area contributed by atoms with Crippen LogP contribution in [0.2, 0.25) is 0 Å². The van der Waals surface area contributed by atoms with Gasteiger partial charge in [-0.15, -0.1) is 0 Å². The van der Waals surface area contributed by atoms with E-state index in [1.165, 1.54) is 20.1 Å². The second-order valence-electron chi connectivity index (χ2n) is 4.15. The number of rotatable bonds is 3. The van der Waals surface area contributed by atoms with Gasteiger partial charge in [0.1, 0.15) is 5.60 Å². The summed E-state index contributed by atoms with van der Waals surface area (Å²) in [5.41, 5.74) is 0.169. The lowest BCUT2D eigenvalue weighted by Crippen LogP contribution is -2.16. The molecule has 0 amide bonds. The van der Waals surface area contributed by atoms with Crippen LogP contribution in [0.1, 0.15) is 25.0 Å². The number of phenols is 1. The summed E-state index contributed by atoms with van der Waals surface area (Å²) in [4.78, 5) is 0. The maximum atomic E-state index is 9.94. The fraction of sp³-hybridized carbons (Fsp3) is 0.333. The van der Waals surface area contributed by atoms with E-state index in [9.17, 15) is 10.2 Å². The number of phenolic OH excluding ortho intramolecular Hbond substituents is 1. The van der Waals surface area contributed by atoms with E-state index < -0.39 is 5.60 Å². The molecule has 0 fully saturated rings. The van der Waals surface area contributed by atoms with Crippen molar-refractivity contribution in [2.75, 3.05) is 7.11 Å². The van der Waals surface area contributed by atoms with Crippen LogP contribution < -0.4 is 4.74 Å². The first kappa shape index (κ1) is 14.1. The zero-order valence-electron chi connectivity index (χ0n) is 10.9. The van der Waals surface area contributed by atoms with Crippen LogP contribution in [0.4, 0.5) is 0 Å². The van der Waals surface area contributed by atoms with E-state index in [0.717, 1.165) is 12.0 Å². The molecular formula is C15H18O3. The molecule has 2 N–H and O–H groups in total. The summed E-state index contributed by atoms with van der Waals surface area (Å²) >= 11 is 0. The molecule has 3 nitrogen and oxygen atoms in total. The zero-order chi connectivity index (χ0) is 13.8. The largest absolute Gasteiger partial charge is 0.503 e. The highest BCUT2D eigenvalue weighted by atomic mass is 16.5. The number of aliphatic hydroxyl groups is 1. The van der Waals surface area contributed by atoms with Gasteiger partial charge in [0, 0.05) is 0 Å². The number of hydrogen-bond acceptors (Lipinski definition) is 3. The lowest BCUT2D eigenvalue weighted by molar-refractivity contribution is 0.175. The minimum Gasteiger partial charge on any atom is -0.503 e. The van der Waals surface area contributed by atoms with Gasteiger partial charge >= 0.3 is 0 Å². The van der Waals surface area contributed by atoms with Crippen molar-refractivity contribution in [3.8, 4) is 23.3 Å². The first-order valence-electron chi connectivity index (χ1n) is 5.72. The summed E-state index contributed by atoms with van der Waals surface area (Å²) in [7, 11) is 1.49. The maximum absolute atomic E-state index is 9.94. The highest BCUT2D eigenvalue weighted by Gasteiger charge is 2.12. The lowest BCUT2D eigenvalue weighted by atomic mass is 10.0. The molecule has 0 bridgehead atoms. The van der Waals surface area contributed by atoms with Crippen molar-refractivity contribution >= 4 is 0 Å². The lowest BCUT2D eigenvalue weighted by Gasteiger charge is -2.10. The van der Waals surface area contributed by atoms with Gasteiger partial charge in [-0.25, -0.2) is 0 Å². The second-order valence-corrected chi connectivity index (χ2v) is 4.15. The third-order valence-corrected chi connectivity index (χ3v) is 2.61. The topological polar surface area (TPSA) is 49.7 Å². The summed E-state index contributed by atoms with van der Waals surface area (Å²) in [6.07, 6.45) is 2.15. The molecule has 0 heterocycles. The number of methoxy groups -OCH3 is 1. The predicted molar refractivity (Wildman–Crippen MR) is 71.7 cm³/mol. The smallest absolute Gasteiger partial charge is 0.173 e. The Kier molecular flexibility index (Phi) is 4.41. The molecule has 0 aromatic heterocycles. The van der Waals surface area contributed by atoms with E-state index in [4.69, 9.17) is 4.74 Å². The normalized spacial score (nSPS) is 13.1. The Morgan fingerprint density at radius 1 is 1.50 bits per heavy atom. The van der Waals surface area contributed by atoms with Crippen LogP contribution in [0.25, 0.3) is 0 Å². The predicted octanol–water partition coefficient (Wildman–Crippen LogP) is 2.25. The monoisotopic (exact) mass is 246 g/mol. The summed E-state index contributed by atoms with van der Waals surface area (Å²) in [5, 5.41) is 19.7. The molecule has 0 saturated heterocycles. The standard InChI is InChI=1S/C15H18O3/c1-5-11-9-12(7-8-15(3,17)6-2)14(16)13(10-11)18-4/h6,9-10,16-17H,2,5H2,1,3-4H3. The van der Waals surface area contributed by atoms with Gasteiger partial charge in [0.2, 0.25) is 0 Å². The van der Waals surface area contributed by atoms with E-state index in [1.807, 2.05) is 6.92 Å². The molecule has 0 saturated carbocycles. The molecule has 0 aliphatic heterocycles. The Labute approximate surface area is 108 Å². The van der Waals surface area contributed by atoms with Crippen LogP contribution in [-0.4, -0.2) is 22.9 Å². The van der Waals surface area contributed by atoms with E-state index >= 15 is 0 Å². The summed E-state index contributed by atoms with van der Waals surface area (Å²) in [6, 6.07) is 3.55. The van der Waals surface area contributed by atoms with Crippen LogP contribution >= 0.6 is 0 Å². The molecule has 1 aromatic carbocycles. The maximum Gasteiger partial charge on any atom is 0.173 e. The van der Waals surface area contributed by atoms with Crippen molar-refractivity contribution in [1.29, 1.82) is 0 Å². The molecule has 0 aliphatic carbocycles. The van der Waals surface area contributed by atoms with Crippen LogP contribution in [0.3, 0.4) is 0 Å². The zero-order valence-corrected chi connectivity index (χ0v) is 10.9. The molecule has 0 radical (unpaired) electrons. The first-order chi connectivity index (χ1) is 8.43. The number of benzene rings is 1. The molecular weight excluding hydrogens is 228 g/mol. The highest BCUT2D eigenvalue weighted by molar-refractivity contribution is 5.56. The molecule has 18 heavy (non-hydrogen) atoms. The van der Waals surface area contributed by atoms with Crippen molar-refractivity contribution in [3.05, 3.63) is 35.9 Å². The molecule has 0 spiro atoms. The molecule has 1 rings (SSSR count). The summed E-state index contributed by atoms with van der Waals surface area (Å²) in [5.74, 6) is 5.77. The molecule has 1 unspecified atom stereocenters. The third kappa shape index (κ3) is 3.28. The minimum absolute atomic E-state index is 0.0120. The highest BCUT2D eigenvalue weighted by Crippen LogP contribution is 2.31. The van der Waals surface area contributed by atoms with Gasteiger partial charge in [-0.1, -0.05) is 25.3 Å². The average Bonchev–Trinajstić information content (AvgIpc) is 2.37. The molecule has 1 aromatic rings. The van der Waals surface area contributed by atoms with Gasteiger partial charge in [0.25, 0.3) is 0 Å². The number of ether oxygens (including phenoxy) is 1. The average molecular weight is 246 g/mol. The summed E-state index contributed by atoms with van der Waals surface area (Å²) in [6.45, 7) is 7.03. The fourth-order valence-electron chi connectivity index (χ4n) is 1.36. The van der Waals surface area contributed by atoms with Crippen LogP contribution in [0.15, 0.2) is 24.8 Å². The van der Waals surface area contributed by atoms with Gasteiger partial charge in [-0.2, -0.15) is 0 Å². The number of hydrogen-bond donors (Lipinski definition) is 2. The van der Waals surface area contributed by atoms with Gasteiger partial charge in [0.15, 0.2) is 11.5 Å². The van der Waals surface area contributed by atoms with E-state index in [2.05, 4.69) is 18.4 Å². The van der Waals surface area contributed by atoms with Crippen LogP contribution in [0, 0.1) is 11.8 Å². The quantitative estimate of drug-likeness (QED) is 0.635. The third-order valence-electron chi connectivity index (χ3n) is 2.61. The van der Waals surface area contributed by atoms with Crippen LogP contribution in [0.5, 0.6) is 11.5 Å². The van der Waals surface area contributed by atoms with E-state index in [1.54, 1.807) is 12.1 Å². The van der Waals surface area contributed by atoms with Gasteiger partial charge in [0.05, 0.1) is 12.7 Å². The minimum atomic E-state index is -1.28. The second kappa shape index (κ2) is 5.61. The Morgan fingerprint density at radius 2 is 2.17 bits per heavy atom. The van der Waals surface area contributed by atoms with Crippen molar-refractivity contribution in [2.24, 2.45) is 0 Å². The number of aromatic hydroxyl groups is 1. The van der Waals surface area contributed by atoms with Gasteiger partial charge < -0.3 is 14.9 Å². The van der Waals surface area contributed by atoms with Crippen molar-refractivity contribution in [1.82, 2.24) is 0 Å². The van der Waals surface area contributed by atoms with Gasteiger partial charge in [-0.3, -0.25) is 0 Å². The number of aryl methyl sites for hydroxylation is 1. The fourth-order valence-corrected chi connectivity index (χ4v) is 1.36. The molecule has 1 atom stereocenters. The molecule has 96 valence electrons. The Balaban J connectivity index is 3.28. The van der Waals surface area contributed by atoms with Crippen molar-refractivity contribution in [3.63, 3.8) is 0 Å². The Morgan fingerprint density at radius 3 is 2.67 bits per heavy atom. The van der Waals surface area contributed by atoms with Gasteiger partial charge in [-0.05, 0) is 37.1 Å². The first-order valence-corrected chi connectivity index (χ1v) is 5.72. The van der Waals surface area contributed by atoms with Crippen molar-refractivity contribution in [2.45, 2.75) is 25.9 Å². The Bertz CT molecular complexity index is 504. The van der Waals surface area contributed by atoms with E-state index in [0.29, 0.717) is 11.3 Å².